The predicted molar refractivity (Wildman–Crippen MR) is 110 cm³/mol. The number of hydrogen-bond acceptors (Lipinski definition) is 4. The molecule has 1 aromatic carbocycles. The molecule has 0 saturated carbocycles. The van der Waals surface area contributed by atoms with Crippen LogP contribution in [0.2, 0.25) is 10.0 Å². The molecule has 0 spiro atoms. The highest BCUT2D eigenvalue weighted by Gasteiger charge is 2.29. The van der Waals surface area contributed by atoms with E-state index in [1.54, 1.807) is 22.9 Å². The van der Waals surface area contributed by atoms with Crippen molar-refractivity contribution < 1.29 is 9.59 Å². The van der Waals surface area contributed by atoms with Gasteiger partial charge in [0.2, 0.25) is 0 Å². The summed E-state index contributed by atoms with van der Waals surface area (Å²) in [4.78, 5) is 24.1. The Kier molecular flexibility index (Phi) is 4.78. The number of fused-ring (bicyclic) bond motifs is 3. The number of carbonyl (C=O) groups excluding carboxylic acids is 2. The number of amides is 3. The molecule has 3 amide bonds. The Morgan fingerprint density at radius 2 is 1.93 bits per heavy atom. The van der Waals surface area contributed by atoms with E-state index in [2.05, 4.69) is 10.4 Å². The molecule has 0 atom stereocenters. The minimum atomic E-state index is -0.745. The number of primary amides is 2. The Bertz CT molecular complexity index is 1100. The number of urea groups is 1. The summed E-state index contributed by atoms with van der Waals surface area (Å²) in [6.45, 7) is 0.418. The smallest absolute Gasteiger partial charge is 0.317 e. The second kappa shape index (κ2) is 7.12. The molecule has 2 aromatic heterocycles. The number of rotatable bonds is 4. The van der Waals surface area contributed by atoms with Crippen molar-refractivity contribution in [2.45, 2.75) is 19.4 Å². The molecule has 28 heavy (non-hydrogen) atoms. The number of benzene rings is 1. The standard InChI is InChI=1S/C18H15Cl2N5O2S/c19-11-2-1-3-12(20)9(11)6-25-7-10-13(24-25)5-4-8-14(16(21)26)17(23-18(22)27)28-15(8)10/h1-3,7H,4-6H2,(H2,21,26)(H3,22,23,27). The summed E-state index contributed by atoms with van der Waals surface area (Å²) in [5.74, 6) is -0.597. The number of anilines is 1. The van der Waals surface area contributed by atoms with E-state index in [0.29, 0.717) is 40.0 Å². The zero-order valence-electron chi connectivity index (χ0n) is 14.5. The van der Waals surface area contributed by atoms with Crippen LogP contribution in [-0.4, -0.2) is 21.7 Å². The molecule has 1 aliphatic carbocycles. The lowest BCUT2D eigenvalue weighted by molar-refractivity contribution is 0.100. The molecule has 4 rings (SSSR count). The number of carbonyl (C=O) groups is 2. The fourth-order valence-corrected chi connectivity index (χ4v) is 5.19. The summed E-state index contributed by atoms with van der Waals surface area (Å²) in [5, 5.41) is 8.65. The highest BCUT2D eigenvalue weighted by molar-refractivity contribution is 7.20. The first-order chi connectivity index (χ1) is 13.3. The number of halogens is 2. The summed E-state index contributed by atoms with van der Waals surface area (Å²) < 4.78 is 1.78. The summed E-state index contributed by atoms with van der Waals surface area (Å²) in [5.41, 5.74) is 14.5. The van der Waals surface area contributed by atoms with Crippen molar-refractivity contribution in [1.82, 2.24) is 9.78 Å². The van der Waals surface area contributed by atoms with E-state index >= 15 is 0 Å². The van der Waals surface area contributed by atoms with Gasteiger partial charge in [-0.2, -0.15) is 5.10 Å². The van der Waals surface area contributed by atoms with Gasteiger partial charge in [-0.05, 0) is 30.5 Å². The minimum absolute atomic E-state index is 0.311. The lowest BCUT2D eigenvalue weighted by atomic mass is 9.94. The highest BCUT2D eigenvalue weighted by atomic mass is 35.5. The minimum Gasteiger partial charge on any atom is -0.365 e. The van der Waals surface area contributed by atoms with Gasteiger partial charge in [-0.15, -0.1) is 11.3 Å². The van der Waals surface area contributed by atoms with Crippen molar-refractivity contribution in [2.75, 3.05) is 5.32 Å². The predicted octanol–water partition coefficient (Wildman–Crippen LogP) is 3.65. The van der Waals surface area contributed by atoms with Crippen LogP contribution in [0.5, 0.6) is 0 Å². The van der Waals surface area contributed by atoms with Crippen LogP contribution in [0.4, 0.5) is 9.80 Å². The molecule has 0 unspecified atom stereocenters. The van der Waals surface area contributed by atoms with E-state index in [1.807, 2.05) is 6.20 Å². The Morgan fingerprint density at radius 3 is 2.57 bits per heavy atom. The monoisotopic (exact) mass is 435 g/mol. The van der Waals surface area contributed by atoms with E-state index in [1.165, 1.54) is 11.3 Å². The fourth-order valence-electron chi connectivity index (χ4n) is 3.39. The average molecular weight is 436 g/mol. The van der Waals surface area contributed by atoms with Gasteiger partial charge in [0, 0.05) is 32.2 Å². The SMILES string of the molecule is NC(=O)Nc1sc2c(c1C(N)=O)CCc1nn(Cc3c(Cl)cccc3Cl)cc1-2. The van der Waals surface area contributed by atoms with E-state index in [4.69, 9.17) is 34.7 Å². The molecule has 5 N–H and O–H groups in total. The number of nitrogens with zero attached hydrogens (tertiary/aromatic N) is 2. The van der Waals surface area contributed by atoms with Gasteiger partial charge in [0.25, 0.3) is 5.91 Å². The van der Waals surface area contributed by atoms with Crippen LogP contribution in [0.25, 0.3) is 10.4 Å². The molecule has 0 bridgehead atoms. The van der Waals surface area contributed by atoms with Crippen LogP contribution in [0.1, 0.15) is 27.2 Å². The zero-order chi connectivity index (χ0) is 20.0. The molecule has 1 aliphatic rings. The summed E-state index contributed by atoms with van der Waals surface area (Å²) in [7, 11) is 0. The average Bonchev–Trinajstić information content (AvgIpc) is 3.17. The molecular weight excluding hydrogens is 421 g/mol. The first kappa shape index (κ1) is 18.8. The number of thiophene rings is 1. The highest BCUT2D eigenvalue weighted by Crippen LogP contribution is 2.44. The van der Waals surface area contributed by atoms with Crippen molar-refractivity contribution in [3.8, 4) is 10.4 Å². The zero-order valence-corrected chi connectivity index (χ0v) is 16.8. The molecule has 2 heterocycles. The van der Waals surface area contributed by atoms with Gasteiger partial charge in [-0.1, -0.05) is 29.3 Å². The first-order valence-corrected chi connectivity index (χ1v) is 9.94. The molecule has 10 heteroatoms. The van der Waals surface area contributed by atoms with Crippen molar-refractivity contribution in [3.63, 3.8) is 0 Å². The Labute approximate surface area is 174 Å². The van der Waals surface area contributed by atoms with Gasteiger partial charge in [0.15, 0.2) is 0 Å². The topological polar surface area (TPSA) is 116 Å². The van der Waals surface area contributed by atoms with Crippen LogP contribution in [0, 0.1) is 0 Å². The van der Waals surface area contributed by atoms with E-state index in [9.17, 15) is 9.59 Å². The quantitative estimate of drug-likeness (QED) is 0.580. The van der Waals surface area contributed by atoms with E-state index < -0.39 is 11.9 Å². The third kappa shape index (κ3) is 3.23. The summed E-state index contributed by atoms with van der Waals surface area (Å²) >= 11 is 13.8. The molecule has 7 nitrogen and oxygen atoms in total. The van der Waals surface area contributed by atoms with Crippen molar-refractivity contribution >= 4 is 51.5 Å². The number of nitrogens with one attached hydrogen (secondary N) is 1. The maximum atomic E-state index is 12.0. The maximum Gasteiger partial charge on any atom is 0.317 e. The van der Waals surface area contributed by atoms with Gasteiger partial charge in [0.05, 0.1) is 17.8 Å². The summed E-state index contributed by atoms with van der Waals surface area (Å²) in [6.07, 6.45) is 3.14. The van der Waals surface area contributed by atoms with Crippen molar-refractivity contribution in [2.24, 2.45) is 11.5 Å². The second-order valence-corrected chi connectivity index (χ2v) is 8.19. The van der Waals surface area contributed by atoms with Gasteiger partial charge in [-0.25, -0.2) is 4.79 Å². The molecule has 0 saturated heterocycles. The summed E-state index contributed by atoms with van der Waals surface area (Å²) in [6, 6.07) is 4.61. The molecule has 0 radical (unpaired) electrons. The van der Waals surface area contributed by atoms with Crippen LogP contribution < -0.4 is 16.8 Å². The Hall–Kier alpha value is -2.55. The van der Waals surface area contributed by atoms with Crippen LogP contribution in [0.15, 0.2) is 24.4 Å². The van der Waals surface area contributed by atoms with Crippen molar-refractivity contribution in [1.29, 1.82) is 0 Å². The second-order valence-electron chi connectivity index (χ2n) is 6.35. The number of aromatic nitrogens is 2. The number of hydrogen-bond donors (Lipinski definition) is 3. The fraction of sp³-hybridized carbons (Fsp3) is 0.167. The van der Waals surface area contributed by atoms with Gasteiger partial charge >= 0.3 is 6.03 Å². The first-order valence-electron chi connectivity index (χ1n) is 8.36. The maximum absolute atomic E-state index is 12.0. The van der Waals surface area contributed by atoms with E-state index in [0.717, 1.165) is 27.3 Å². The molecular formula is C18H15Cl2N5O2S. The Balaban J connectivity index is 1.76. The van der Waals surface area contributed by atoms with Gasteiger partial charge in [0.1, 0.15) is 5.00 Å². The van der Waals surface area contributed by atoms with Crippen LogP contribution in [0.3, 0.4) is 0 Å². The largest absolute Gasteiger partial charge is 0.365 e. The molecule has 3 aromatic rings. The number of aryl methyl sites for hydroxylation is 1. The van der Waals surface area contributed by atoms with Gasteiger partial charge < -0.3 is 11.5 Å². The van der Waals surface area contributed by atoms with Crippen LogP contribution in [-0.2, 0) is 19.4 Å². The molecule has 144 valence electrons. The normalized spacial score (nSPS) is 12.4. The molecule has 0 aliphatic heterocycles. The van der Waals surface area contributed by atoms with Crippen LogP contribution >= 0.6 is 34.5 Å². The Morgan fingerprint density at radius 1 is 1.21 bits per heavy atom. The van der Waals surface area contributed by atoms with Gasteiger partial charge in [-0.3, -0.25) is 14.8 Å². The van der Waals surface area contributed by atoms with E-state index in [-0.39, 0.29) is 0 Å². The molecule has 0 fully saturated rings. The number of nitrogens with two attached hydrogens (primary N) is 2. The third-order valence-electron chi connectivity index (χ3n) is 4.57. The third-order valence-corrected chi connectivity index (χ3v) is 6.46. The lowest BCUT2D eigenvalue weighted by Crippen LogP contribution is -2.22. The van der Waals surface area contributed by atoms with Crippen molar-refractivity contribution in [3.05, 3.63) is 56.8 Å². The lowest BCUT2D eigenvalue weighted by Gasteiger charge is -2.11.